The smallest absolute Gasteiger partial charge is 0.0819 e. The predicted molar refractivity (Wildman–Crippen MR) is 79.3 cm³/mol. The Morgan fingerprint density at radius 2 is 1.29 bits per heavy atom. The molecule has 0 fully saturated rings. The third-order valence-corrected chi connectivity index (χ3v) is 3.19. The van der Waals surface area contributed by atoms with Gasteiger partial charge >= 0.3 is 0 Å². The van der Waals surface area contributed by atoms with Gasteiger partial charge in [0.15, 0.2) is 0 Å². The van der Waals surface area contributed by atoms with Crippen molar-refractivity contribution in [1.29, 1.82) is 0 Å². The Morgan fingerprint density at radius 1 is 0.941 bits per heavy atom. The van der Waals surface area contributed by atoms with Gasteiger partial charge in [0.25, 0.3) is 0 Å². The fraction of sp³-hybridized carbons (Fsp3) is 0.600. The molecule has 0 spiro atoms. The molecule has 0 atom stereocenters. The van der Waals surface area contributed by atoms with Crippen LogP contribution in [0.2, 0.25) is 0 Å². The molecule has 0 bridgehead atoms. The van der Waals surface area contributed by atoms with Gasteiger partial charge in [0.1, 0.15) is 0 Å². The minimum absolute atomic E-state index is 0.0996. The van der Waals surface area contributed by atoms with E-state index in [2.05, 4.69) is 55.1 Å². The van der Waals surface area contributed by atoms with Crippen molar-refractivity contribution in [3.63, 3.8) is 0 Å². The lowest BCUT2D eigenvalue weighted by Crippen LogP contribution is -2.17. The van der Waals surface area contributed by atoms with E-state index in [1.807, 2.05) is 13.8 Å². The lowest BCUT2D eigenvalue weighted by molar-refractivity contribution is 0.384. The number of rotatable bonds is 1. The highest BCUT2D eigenvalue weighted by molar-refractivity contribution is 6.50. The molecule has 96 valence electrons. The third kappa shape index (κ3) is 3.95. The molecule has 1 aliphatic rings. The molecule has 0 aromatic heterocycles. The van der Waals surface area contributed by atoms with Crippen LogP contribution in [-0.4, -0.2) is 25.5 Å². The molecule has 0 amide bonds. The van der Waals surface area contributed by atoms with Gasteiger partial charge in [0, 0.05) is 19.5 Å². The first kappa shape index (κ1) is 15.8. The number of aliphatic imine (C=N–C) groups is 2. The van der Waals surface area contributed by atoms with Crippen molar-refractivity contribution in [2.45, 2.75) is 34.6 Å². The summed E-state index contributed by atoms with van der Waals surface area (Å²) in [4.78, 5) is 8.46. The maximum absolute atomic E-state index is 4.23. The molecule has 0 N–H and O–H groups in total. The summed E-state index contributed by atoms with van der Waals surface area (Å²) in [5, 5.41) is 0. The topological polar surface area (TPSA) is 24.7 Å². The molecule has 0 unspecified atom stereocenters. The summed E-state index contributed by atoms with van der Waals surface area (Å²) < 4.78 is 0. The van der Waals surface area contributed by atoms with Gasteiger partial charge in [-0.1, -0.05) is 46.8 Å². The SMILES string of the molecule is CC.CN=C1C=CC(C)(C(C)C)C=CC1=NC. The maximum atomic E-state index is 4.23. The normalized spacial score (nSPS) is 28.2. The van der Waals surface area contributed by atoms with Crippen LogP contribution in [0.1, 0.15) is 34.6 Å². The molecule has 0 aliphatic heterocycles. The Morgan fingerprint density at radius 3 is 1.53 bits per heavy atom. The van der Waals surface area contributed by atoms with Crippen LogP contribution < -0.4 is 0 Å². The molecule has 2 nitrogen and oxygen atoms in total. The molecule has 0 aromatic rings. The third-order valence-electron chi connectivity index (χ3n) is 3.19. The van der Waals surface area contributed by atoms with Crippen LogP contribution in [0, 0.1) is 11.3 Å². The average molecular weight is 234 g/mol. The minimum atomic E-state index is 0.0996. The van der Waals surface area contributed by atoms with Crippen molar-refractivity contribution in [2.24, 2.45) is 21.3 Å². The quantitative estimate of drug-likeness (QED) is 0.656. The fourth-order valence-electron chi connectivity index (χ4n) is 1.51. The molecular weight excluding hydrogens is 208 g/mol. The predicted octanol–water partition coefficient (Wildman–Crippen LogP) is 3.94. The van der Waals surface area contributed by atoms with Crippen LogP contribution in [0.15, 0.2) is 34.3 Å². The number of nitrogens with zero attached hydrogens (tertiary/aromatic N) is 2. The summed E-state index contributed by atoms with van der Waals surface area (Å²) in [6.07, 6.45) is 8.58. The lowest BCUT2D eigenvalue weighted by atomic mass is 9.79. The molecular formula is C15H26N2. The minimum Gasteiger partial charge on any atom is -0.286 e. The van der Waals surface area contributed by atoms with Crippen molar-refractivity contribution in [3.05, 3.63) is 24.3 Å². The second kappa shape index (κ2) is 7.21. The van der Waals surface area contributed by atoms with Crippen LogP contribution in [-0.2, 0) is 0 Å². The summed E-state index contributed by atoms with van der Waals surface area (Å²) in [5.41, 5.74) is 2.01. The molecule has 0 heterocycles. The van der Waals surface area contributed by atoms with E-state index in [1.54, 1.807) is 14.1 Å². The van der Waals surface area contributed by atoms with E-state index < -0.39 is 0 Å². The molecule has 0 radical (unpaired) electrons. The van der Waals surface area contributed by atoms with Gasteiger partial charge in [-0.2, -0.15) is 0 Å². The Kier molecular flexibility index (Phi) is 6.71. The maximum Gasteiger partial charge on any atom is 0.0819 e. The van der Waals surface area contributed by atoms with Gasteiger partial charge in [-0.15, -0.1) is 0 Å². The fourth-order valence-corrected chi connectivity index (χ4v) is 1.51. The van der Waals surface area contributed by atoms with Crippen LogP contribution in [0.25, 0.3) is 0 Å². The van der Waals surface area contributed by atoms with Crippen LogP contribution >= 0.6 is 0 Å². The first-order valence-electron chi connectivity index (χ1n) is 6.36. The zero-order chi connectivity index (χ0) is 13.5. The summed E-state index contributed by atoms with van der Waals surface area (Å²) in [5.74, 6) is 0.569. The van der Waals surface area contributed by atoms with Gasteiger partial charge in [0.2, 0.25) is 0 Å². The monoisotopic (exact) mass is 234 g/mol. The number of hydrogen-bond donors (Lipinski definition) is 0. The van der Waals surface area contributed by atoms with E-state index in [0.717, 1.165) is 11.4 Å². The van der Waals surface area contributed by atoms with E-state index in [1.165, 1.54) is 0 Å². The highest BCUT2D eigenvalue weighted by Crippen LogP contribution is 2.31. The summed E-state index contributed by atoms with van der Waals surface area (Å²) in [7, 11) is 3.60. The molecule has 0 saturated heterocycles. The summed E-state index contributed by atoms with van der Waals surface area (Å²) >= 11 is 0. The van der Waals surface area contributed by atoms with Crippen molar-refractivity contribution >= 4 is 11.4 Å². The molecule has 1 rings (SSSR count). The van der Waals surface area contributed by atoms with Crippen LogP contribution in [0.3, 0.4) is 0 Å². The summed E-state index contributed by atoms with van der Waals surface area (Å²) in [6, 6.07) is 0. The van der Waals surface area contributed by atoms with Crippen molar-refractivity contribution in [1.82, 2.24) is 0 Å². The van der Waals surface area contributed by atoms with Gasteiger partial charge in [-0.3, -0.25) is 9.98 Å². The lowest BCUT2D eigenvalue weighted by Gasteiger charge is -2.25. The zero-order valence-electron chi connectivity index (χ0n) is 12.3. The second-order valence-electron chi connectivity index (χ2n) is 4.41. The highest BCUT2D eigenvalue weighted by Gasteiger charge is 2.24. The zero-order valence-corrected chi connectivity index (χ0v) is 12.3. The van der Waals surface area contributed by atoms with Crippen LogP contribution in [0.5, 0.6) is 0 Å². The van der Waals surface area contributed by atoms with Crippen molar-refractivity contribution in [2.75, 3.05) is 14.1 Å². The van der Waals surface area contributed by atoms with Gasteiger partial charge in [-0.05, 0) is 18.1 Å². The average Bonchev–Trinajstić information content (AvgIpc) is 2.51. The molecule has 17 heavy (non-hydrogen) atoms. The Bertz CT molecular complexity index is 316. The van der Waals surface area contributed by atoms with E-state index in [-0.39, 0.29) is 5.41 Å². The molecule has 0 saturated carbocycles. The van der Waals surface area contributed by atoms with E-state index in [0.29, 0.717) is 5.92 Å². The van der Waals surface area contributed by atoms with Crippen LogP contribution in [0.4, 0.5) is 0 Å². The Balaban J connectivity index is 0.00000121. The second-order valence-corrected chi connectivity index (χ2v) is 4.41. The molecule has 2 heteroatoms. The number of allylic oxidation sites excluding steroid dienone is 4. The van der Waals surface area contributed by atoms with E-state index >= 15 is 0 Å². The molecule has 1 aliphatic carbocycles. The van der Waals surface area contributed by atoms with Gasteiger partial charge in [-0.25, -0.2) is 0 Å². The Labute approximate surface area is 106 Å². The highest BCUT2D eigenvalue weighted by atomic mass is 14.8. The van der Waals surface area contributed by atoms with Gasteiger partial charge in [0.05, 0.1) is 11.4 Å². The van der Waals surface area contributed by atoms with E-state index in [4.69, 9.17) is 0 Å². The first-order chi connectivity index (χ1) is 8.03. The molecule has 0 aromatic carbocycles. The standard InChI is InChI=1S/C13H20N2.C2H6/c1-10(2)13(3)8-6-11(14-4)12(15-5)7-9-13;1-2/h6-10H,1-5H3;1-2H3. The van der Waals surface area contributed by atoms with E-state index in [9.17, 15) is 0 Å². The number of hydrogen-bond acceptors (Lipinski definition) is 2. The first-order valence-corrected chi connectivity index (χ1v) is 6.36. The van der Waals surface area contributed by atoms with Crippen molar-refractivity contribution in [3.8, 4) is 0 Å². The van der Waals surface area contributed by atoms with Crippen molar-refractivity contribution < 1.29 is 0 Å². The largest absolute Gasteiger partial charge is 0.286 e. The summed E-state index contributed by atoms with van der Waals surface area (Å²) in [6.45, 7) is 10.7. The Hall–Kier alpha value is -1.18. The van der Waals surface area contributed by atoms with Gasteiger partial charge < -0.3 is 0 Å².